The molecule has 0 bridgehead atoms. The summed E-state index contributed by atoms with van der Waals surface area (Å²) in [7, 11) is 1.90. The van der Waals surface area contributed by atoms with Gasteiger partial charge >= 0.3 is 0 Å². The number of aromatic nitrogens is 4. The molecule has 0 atom stereocenters. The molecular weight excluding hydrogens is 316 g/mol. The van der Waals surface area contributed by atoms with Crippen LogP contribution in [0.25, 0.3) is 11.0 Å². The van der Waals surface area contributed by atoms with Gasteiger partial charge in [0, 0.05) is 25.8 Å². The van der Waals surface area contributed by atoms with Crippen LogP contribution in [0.15, 0.2) is 24.4 Å². The van der Waals surface area contributed by atoms with Gasteiger partial charge in [-0.05, 0) is 37.1 Å². The molecule has 1 aromatic carbocycles. The largest absolute Gasteiger partial charge is 0.378 e. The number of anilines is 3. The summed E-state index contributed by atoms with van der Waals surface area (Å²) in [6, 6.07) is 6.32. The number of rotatable bonds is 3. The lowest BCUT2D eigenvalue weighted by atomic mass is 10.1. The van der Waals surface area contributed by atoms with Gasteiger partial charge < -0.3 is 15.0 Å². The summed E-state index contributed by atoms with van der Waals surface area (Å²) in [4.78, 5) is 11.6. The third-order valence-electron chi connectivity index (χ3n) is 4.64. The summed E-state index contributed by atoms with van der Waals surface area (Å²) in [6.07, 6.45) is 1.81. The summed E-state index contributed by atoms with van der Waals surface area (Å²) < 4.78 is 7.22. The number of benzene rings is 1. The monoisotopic (exact) mass is 338 g/mol. The Labute approximate surface area is 146 Å². The van der Waals surface area contributed by atoms with Crippen molar-refractivity contribution in [1.29, 1.82) is 0 Å². The summed E-state index contributed by atoms with van der Waals surface area (Å²) in [5.74, 6) is 1.49. The molecule has 3 aromatic rings. The number of nitrogens with zero attached hydrogens (tertiary/aromatic N) is 5. The van der Waals surface area contributed by atoms with Crippen LogP contribution in [0.1, 0.15) is 11.1 Å². The smallest absolute Gasteiger partial charge is 0.229 e. The zero-order chi connectivity index (χ0) is 17.4. The second-order valence-corrected chi connectivity index (χ2v) is 6.40. The van der Waals surface area contributed by atoms with E-state index < -0.39 is 0 Å². The highest BCUT2D eigenvalue weighted by atomic mass is 16.5. The van der Waals surface area contributed by atoms with E-state index in [0.717, 1.165) is 35.6 Å². The van der Waals surface area contributed by atoms with Crippen molar-refractivity contribution in [3.63, 3.8) is 0 Å². The minimum absolute atomic E-state index is 0.701. The van der Waals surface area contributed by atoms with E-state index in [0.29, 0.717) is 19.2 Å². The van der Waals surface area contributed by atoms with E-state index in [4.69, 9.17) is 14.7 Å². The summed E-state index contributed by atoms with van der Waals surface area (Å²) >= 11 is 0. The first kappa shape index (κ1) is 15.8. The summed E-state index contributed by atoms with van der Waals surface area (Å²) in [6.45, 7) is 7.22. The van der Waals surface area contributed by atoms with Crippen LogP contribution in [0.3, 0.4) is 0 Å². The van der Waals surface area contributed by atoms with Crippen molar-refractivity contribution >= 4 is 28.5 Å². The molecule has 3 heterocycles. The van der Waals surface area contributed by atoms with Crippen LogP contribution in [0.2, 0.25) is 0 Å². The summed E-state index contributed by atoms with van der Waals surface area (Å²) in [5.41, 5.74) is 4.35. The van der Waals surface area contributed by atoms with Gasteiger partial charge in [0.05, 0.1) is 24.8 Å². The van der Waals surface area contributed by atoms with Crippen molar-refractivity contribution in [3.05, 3.63) is 35.5 Å². The van der Waals surface area contributed by atoms with Crippen LogP contribution in [-0.2, 0) is 11.8 Å². The highest BCUT2D eigenvalue weighted by Gasteiger charge is 2.18. The third-order valence-corrected chi connectivity index (χ3v) is 4.64. The fourth-order valence-corrected chi connectivity index (χ4v) is 2.97. The SMILES string of the molecule is Cc1ccc(Nc2nc(N3CCOCC3)nc3c2cnn3C)cc1C. The third kappa shape index (κ3) is 3.02. The Bertz CT molecular complexity index is 913. The molecule has 1 N–H and O–H groups in total. The number of aryl methyl sites for hydroxylation is 3. The molecule has 1 aliphatic rings. The van der Waals surface area contributed by atoms with Gasteiger partial charge in [-0.25, -0.2) is 0 Å². The van der Waals surface area contributed by atoms with Crippen LogP contribution in [-0.4, -0.2) is 46.1 Å². The molecule has 0 unspecified atom stereocenters. The van der Waals surface area contributed by atoms with Gasteiger partial charge in [0.15, 0.2) is 5.65 Å². The second-order valence-electron chi connectivity index (χ2n) is 6.40. The highest BCUT2D eigenvalue weighted by molar-refractivity contribution is 5.89. The van der Waals surface area contributed by atoms with Crippen molar-refractivity contribution in [2.24, 2.45) is 7.05 Å². The molecule has 2 aromatic heterocycles. The highest BCUT2D eigenvalue weighted by Crippen LogP contribution is 2.27. The lowest BCUT2D eigenvalue weighted by Gasteiger charge is -2.27. The summed E-state index contributed by atoms with van der Waals surface area (Å²) in [5, 5.41) is 8.71. The van der Waals surface area contributed by atoms with Gasteiger partial charge in [-0.1, -0.05) is 6.07 Å². The quantitative estimate of drug-likeness (QED) is 0.792. The molecule has 25 heavy (non-hydrogen) atoms. The topological polar surface area (TPSA) is 68.1 Å². The van der Waals surface area contributed by atoms with Crippen LogP contribution < -0.4 is 10.2 Å². The molecule has 1 saturated heterocycles. The molecule has 1 aliphatic heterocycles. The number of morpholine rings is 1. The maximum atomic E-state index is 5.44. The van der Waals surface area contributed by atoms with Crippen molar-refractivity contribution in [1.82, 2.24) is 19.7 Å². The van der Waals surface area contributed by atoms with Crippen molar-refractivity contribution < 1.29 is 4.74 Å². The molecule has 0 radical (unpaired) electrons. The van der Waals surface area contributed by atoms with Crippen LogP contribution in [0.5, 0.6) is 0 Å². The van der Waals surface area contributed by atoms with Gasteiger partial charge in [-0.15, -0.1) is 0 Å². The normalized spacial score (nSPS) is 14.9. The van der Waals surface area contributed by atoms with Gasteiger partial charge in [0.25, 0.3) is 0 Å². The maximum Gasteiger partial charge on any atom is 0.229 e. The fraction of sp³-hybridized carbons (Fsp3) is 0.389. The first-order valence-corrected chi connectivity index (χ1v) is 8.48. The Balaban J connectivity index is 1.76. The number of hydrogen-bond donors (Lipinski definition) is 1. The minimum atomic E-state index is 0.701. The Kier molecular flexibility index (Phi) is 4.01. The van der Waals surface area contributed by atoms with Crippen molar-refractivity contribution in [2.75, 3.05) is 36.5 Å². The van der Waals surface area contributed by atoms with E-state index in [1.807, 2.05) is 13.2 Å². The fourth-order valence-electron chi connectivity index (χ4n) is 2.97. The van der Waals surface area contributed by atoms with Gasteiger partial charge in [0.2, 0.25) is 5.95 Å². The number of nitrogens with one attached hydrogen (secondary N) is 1. The van der Waals surface area contributed by atoms with E-state index in [1.54, 1.807) is 4.68 Å². The van der Waals surface area contributed by atoms with Crippen molar-refractivity contribution in [2.45, 2.75) is 13.8 Å². The Morgan fingerprint density at radius 3 is 2.64 bits per heavy atom. The van der Waals surface area contributed by atoms with Gasteiger partial charge in [0.1, 0.15) is 5.82 Å². The zero-order valence-corrected chi connectivity index (χ0v) is 14.8. The molecule has 4 rings (SSSR count). The predicted octanol–water partition coefficient (Wildman–Crippen LogP) is 2.56. The molecule has 7 nitrogen and oxygen atoms in total. The molecule has 0 aliphatic carbocycles. The number of ether oxygens (including phenoxy) is 1. The van der Waals surface area contributed by atoms with E-state index in [-0.39, 0.29) is 0 Å². The van der Waals surface area contributed by atoms with Crippen LogP contribution in [0.4, 0.5) is 17.5 Å². The molecule has 0 amide bonds. The molecule has 0 saturated carbocycles. The molecule has 130 valence electrons. The number of hydrogen-bond acceptors (Lipinski definition) is 6. The van der Waals surface area contributed by atoms with Crippen molar-refractivity contribution in [3.8, 4) is 0 Å². The molecule has 7 heteroatoms. The zero-order valence-electron chi connectivity index (χ0n) is 14.8. The maximum absolute atomic E-state index is 5.44. The molecular formula is C18H22N6O. The van der Waals surface area contributed by atoms with E-state index in [9.17, 15) is 0 Å². The standard InChI is InChI=1S/C18H22N6O/c1-12-4-5-14(10-13(12)2)20-16-15-11-19-23(3)17(15)22-18(21-16)24-6-8-25-9-7-24/h4-5,10-11H,6-9H2,1-3H3,(H,20,21,22). The van der Waals surface area contributed by atoms with E-state index >= 15 is 0 Å². The molecule has 1 fully saturated rings. The van der Waals surface area contributed by atoms with Crippen LogP contribution >= 0.6 is 0 Å². The van der Waals surface area contributed by atoms with Gasteiger partial charge in [-0.2, -0.15) is 15.1 Å². The Morgan fingerprint density at radius 1 is 1.08 bits per heavy atom. The predicted molar refractivity (Wildman–Crippen MR) is 98.5 cm³/mol. The lowest BCUT2D eigenvalue weighted by molar-refractivity contribution is 0.122. The number of fused-ring (bicyclic) bond motifs is 1. The van der Waals surface area contributed by atoms with E-state index in [2.05, 4.69) is 47.4 Å². The Hall–Kier alpha value is -2.67. The van der Waals surface area contributed by atoms with Crippen LogP contribution in [0, 0.1) is 13.8 Å². The Morgan fingerprint density at radius 2 is 1.88 bits per heavy atom. The first-order chi connectivity index (χ1) is 12.1. The lowest BCUT2D eigenvalue weighted by Crippen LogP contribution is -2.37. The van der Waals surface area contributed by atoms with E-state index in [1.165, 1.54) is 11.1 Å². The average Bonchev–Trinajstić information content (AvgIpc) is 3.00. The second kappa shape index (κ2) is 6.33. The first-order valence-electron chi connectivity index (χ1n) is 8.48. The van der Waals surface area contributed by atoms with Gasteiger partial charge in [-0.3, -0.25) is 4.68 Å². The average molecular weight is 338 g/mol. The minimum Gasteiger partial charge on any atom is -0.378 e. The molecule has 0 spiro atoms.